The maximum atomic E-state index is 9.24. The lowest BCUT2D eigenvalue weighted by Crippen LogP contribution is -2.28. The van der Waals surface area contributed by atoms with E-state index >= 15 is 0 Å². The van der Waals surface area contributed by atoms with Crippen molar-refractivity contribution >= 4 is 22.6 Å². The number of aliphatic hydroxyl groups is 1. The summed E-state index contributed by atoms with van der Waals surface area (Å²) in [5, 5.41) is 9.24. The fraction of sp³-hybridized carbons (Fsp3) is 1.00. The Bertz CT molecular complexity index is 214. The molecule has 90 valence electrons. The molecule has 2 nitrogen and oxygen atoms in total. The highest BCUT2D eigenvalue weighted by atomic mass is 127. The Hall–Kier alpha value is 0.650. The molecule has 0 aliphatic carbocycles. The van der Waals surface area contributed by atoms with Crippen molar-refractivity contribution < 1.29 is 9.84 Å². The minimum atomic E-state index is 0.0158. The predicted octanol–water partition coefficient (Wildman–Crippen LogP) is 3.01. The topological polar surface area (TPSA) is 29.5 Å². The lowest BCUT2D eigenvalue weighted by Gasteiger charge is -2.27. The zero-order chi connectivity index (χ0) is 11.7. The van der Waals surface area contributed by atoms with Crippen LogP contribution in [0, 0.1) is 10.8 Å². The molecule has 0 aromatic carbocycles. The standard InChI is InChI=1S/C12H23IO2/c1-11(2,7-14)5-9(13)10-6-12(3,4)8-15-10/h9-10,14H,5-8H2,1-4H3/t9-,10-/m0/s1. The molecular weight excluding hydrogens is 303 g/mol. The van der Waals surface area contributed by atoms with Gasteiger partial charge >= 0.3 is 0 Å². The molecule has 0 spiro atoms. The second-order valence-corrected chi connectivity index (χ2v) is 7.86. The molecule has 0 aromatic rings. The normalized spacial score (nSPS) is 28.0. The predicted molar refractivity (Wildman–Crippen MR) is 71.4 cm³/mol. The molecule has 1 heterocycles. The van der Waals surface area contributed by atoms with Crippen LogP contribution >= 0.6 is 22.6 Å². The third-order valence-corrected chi connectivity index (χ3v) is 4.26. The van der Waals surface area contributed by atoms with Gasteiger partial charge < -0.3 is 9.84 Å². The third kappa shape index (κ3) is 4.19. The Morgan fingerprint density at radius 1 is 1.53 bits per heavy atom. The molecule has 0 saturated carbocycles. The molecule has 0 aromatic heterocycles. The lowest BCUT2D eigenvalue weighted by atomic mass is 9.84. The van der Waals surface area contributed by atoms with Crippen molar-refractivity contribution in [2.75, 3.05) is 13.2 Å². The highest BCUT2D eigenvalue weighted by molar-refractivity contribution is 14.1. The van der Waals surface area contributed by atoms with Crippen molar-refractivity contribution in [3.63, 3.8) is 0 Å². The molecule has 1 aliphatic heterocycles. The summed E-state index contributed by atoms with van der Waals surface area (Å²) in [4.78, 5) is 0. The fourth-order valence-electron chi connectivity index (χ4n) is 1.95. The number of hydrogen-bond acceptors (Lipinski definition) is 2. The third-order valence-electron chi connectivity index (χ3n) is 3.02. The van der Waals surface area contributed by atoms with Crippen LogP contribution in [0.1, 0.15) is 40.5 Å². The van der Waals surface area contributed by atoms with E-state index in [0.717, 1.165) is 19.4 Å². The van der Waals surface area contributed by atoms with Crippen molar-refractivity contribution in [1.82, 2.24) is 0 Å². The molecule has 1 fully saturated rings. The number of aliphatic hydroxyl groups excluding tert-OH is 1. The quantitative estimate of drug-likeness (QED) is 0.636. The largest absolute Gasteiger partial charge is 0.396 e. The van der Waals surface area contributed by atoms with Crippen LogP contribution in [0.4, 0.5) is 0 Å². The summed E-state index contributed by atoms with van der Waals surface area (Å²) >= 11 is 2.47. The van der Waals surface area contributed by atoms with E-state index in [1.165, 1.54) is 0 Å². The van der Waals surface area contributed by atoms with Gasteiger partial charge in [0.1, 0.15) is 0 Å². The summed E-state index contributed by atoms with van der Waals surface area (Å²) < 4.78 is 6.34. The van der Waals surface area contributed by atoms with E-state index in [4.69, 9.17) is 4.74 Å². The summed E-state index contributed by atoms with van der Waals surface area (Å²) in [6.45, 7) is 9.86. The maximum Gasteiger partial charge on any atom is 0.0699 e. The minimum absolute atomic E-state index is 0.0158. The minimum Gasteiger partial charge on any atom is -0.396 e. The summed E-state index contributed by atoms with van der Waals surface area (Å²) in [7, 11) is 0. The zero-order valence-electron chi connectivity index (χ0n) is 10.2. The smallest absolute Gasteiger partial charge is 0.0699 e. The van der Waals surface area contributed by atoms with E-state index < -0.39 is 0 Å². The molecule has 1 aliphatic rings. The number of hydrogen-bond donors (Lipinski definition) is 1. The van der Waals surface area contributed by atoms with Crippen molar-refractivity contribution in [2.24, 2.45) is 10.8 Å². The highest BCUT2D eigenvalue weighted by Gasteiger charge is 2.37. The monoisotopic (exact) mass is 326 g/mol. The van der Waals surface area contributed by atoms with Crippen molar-refractivity contribution in [2.45, 2.75) is 50.6 Å². The van der Waals surface area contributed by atoms with Gasteiger partial charge in [0, 0.05) is 10.5 Å². The van der Waals surface area contributed by atoms with Crippen LogP contribution in [-0.2, 0) is 4.74 Å². The van der Waals surface area contributed by atoms with Crippen LogP contribution in [0.15, 0.2) is 0 Å². The van der Waals surface area contributed by atoms with Crippen LogP contribution in [0.25, 0.3) is 0 Å². The SMILES string of the molecule is CC1(C)CO[C@H]([C@@H](I)CC(C)(C)CO)C1. The van der Waals surface area contributed by atoms with Gasteiger partial charge in [-0.15, -0.1) is 0 Å². The molecule has 1 saturated heterocycles. The van der Waals surface area contributed by atoms with Gasteiger partial charge in [-0.3, -0.25) is 0 Å². The molecule has 2 atom stereocenters. The first kappa shape index (κ1) is 13.7. The first-order chi connectivity index (χ1) is 6.76. The van der Waals surface area contributed by atoms with E-state index in [0.29, 0.717) is 15.4 Å². The Labute approximate surface area is 107 Å². The van der Waals surface area contributed by atoms with E-state index in [1.807, 2.05) is 0 Å². The van der Waals surface area contributed by atoms with Gasteiger partial charge in [-0.1, -0.05) is 50.3 Å². The zero-order valence-corrected chi connectivity index (χ0v) is 12.4. The van der Waals surface area contributed by atoms with E-state index in [1.54, 1.807) is 0 Å². The Balaban J connectivity index is 2.45. The van der Waals surface area contributed by atoms with Crippen LogP contribution in [0.5, 0.6) is 0 Å². The average molecular weight is 326 g/mol. The number of ether oxygens (including phenoxy) is 1. The van der Waals surface area contributed by atoms with Gasteiger partial charge in [0.25, 0.3) is 0 Å². The summed E-state index contributed by atoms with van der Waals surface area (Å²) in [6, 6.07) is 0. The first-order valence-electron chi connectivity index (χ1n) is 5.62. The van der Waals surface area contributed by atoms with Gasteiger partial charge in [-0.25, -0.2) is 0 Å². The van der Waals surface area contributed by atoms with Gasteiger partial charge in [-0.05, 0) is 23.7 Å². The van der Waals surface area contributed by atoms with Crippen molar-refractivity contribution in [1.29, 1.82) is 0 Å². The summed E-state index contributed by atoms with van der Waals surface area (Å²) in [5.74, 6) is 0. The Morgan fingerprint density at radius 3 is 2.53 bits per heavy atom. The van der Waals surface area contributed by atoms with Gasteiger partial charge in [-0.2, -0.15) is 0 Å². The number of rotatable bonds is 4. The molecule has 1 rings (SSSR count). The summed E-state index contributed by atoms with van der Waals surface area (Å²) in [5.41, 5.74) is 0.347. The van der Waals surface area contributed by atoms with Gasteiger partial charge in [0.15, 0.2) is 0 Å². The first-order valence-corrected chi connectivity index (χ1v) is 6.87. The van der Waals surface area contributed by atoms with Crippen LogP contribution < -0.4 is 0 Å². The van der Waals surface area contributed by atoms with Gasteiger partial charge in [0.05, 0.1) is 12.7 Å². The van der Waals surface area contributed by atoms with E-state index in [-0.39, 0.29) is 12.0 Å². The van der Waals surface area contributed by atoms with Crippen LogP contribution in [0.2, 0.25) is 0 Å². The maximum absolute atomic E-state index is 9.24. The van der Waals surface area contributed by atoms with E-state index in [9.17, 15) is 5.11 Å². The lowest BCUT2D eigenvalue weighted by molar-refractivity contribution is 0.0809. The van der Waals surface area contributed by atoms with E-state index in [2.05, 4.69) is 50.3 Å². The molecule has 3 heteroatoms. The second-order valence-electron chi connectivity index (χ2n) is 6.26. The molecule has 0 bridgehead atoms. The summed E-state index contributed by atoms with van der Waals surface area (Å²) in [6.07, 6.45) is 2.53. The molecule has 15 heavy (non-hydrogen) atoms. The fourth-order valence-corrected chi connectivity index (χ4v) is 3.61. The molecule has 0 amide bonds. The average Bonchev–Trinajstić information content (AvgIpc) is 2.45. The Kier molecular flexibility index (Phi) is 4.46. The molecule has 1 N–H and O–H groups in total. The van der Waals surface area contributed by atoms with Crippen molar-refractivity contribution in [3.05, 3.63) is 0 Å². The van der Waals surface area contributed by atoms with Gasteiger partial charge in [0.2, 0.25) is 0 Å². The van der Waals surface area contributed by atoms with Crippen LogP contribution in [-0.4, -0.2) is 28.3 Å². The van der Waals surface area contributed by atoms with Crippen molar-refractivity contribution in [3.8, 4) is 0 Å². The van der Waals surface area contributed by atoms with Crippen LogP contribution in [0.3, 0.4) is 0 Å². The molecule has 0 unspecified atom stereocenters. The number of alkyl halides is 1. The second kappa shape index (κ2) is 4.88. The highest BCUT2D eigenvalue weighted by Crippen LogP contribution is 2.38. The molecule has 0 radical (unpaired) electrons. The molecular formula is C12H23IO2. The Morgan fingerprint density at radius 2 is 2.13 bits per heavy atom. The number of halogens is 1.